The quantitative estimate of drug-likeness (QED) is 0.912. The zero-order valence-electron chi connectivity index (χ0n) is 12.3. The first-order valence-corrected chi connectivity index (χ1v) is 6.81. The molecule has 0 bridgehead atoms. The van der Waals surface area contributed by atoms with Gasteiger partial charge in [0.15, 0.2) is 0 Å². The number of likely N-dealkylation sites (N-methyl/N-ethyl adjacent to an activating group) is 1. The van der Waals surface area contributed by atoms with Gasteiger partial charge in [-0.2, -0.15) is 0 Å². The number of hydrogen-bond donors (Lipinski definition) is 1. The highest BCUT2D eigenvalue weighted by atomic mass is 16.5. The topological polar surface area (TPSA) is 84.7 Å². The molecule has 0 aliphatic carbocycles. The number of fused-ring (bicyclic) bond motifs is 1. The lowest BCUT2D eigenvalue weighted by molar-refractivity contribution is 0.0796. The zero-order valence-corrected chi connectivity index (χ0v) is 12.3. The molecule has 0 atom stereocenters. The van der Waals surface area contributed by atoms with Crippen LogP contribution in [0.3, 0.4) is 0 Å². The second-order valence-corrected chi connectivity index (χ2v) is 5.04. The van der Waals surface area contributed by atoms with Crippen molar-refractivity contribution in [3.8, 4) is 5.75 Å². The molecule has 0 saturated carbocycles. The van der Waals surface area contributed by atoms with E-state index in [4.69, 9.17) is 9.26 Å². The summed E-state index contributed by atoms with van der Waals surface area (Å²) in [5, 5.41) is 6.30. The Labute approximate surface area is 126 Å². The molecule has 2 amide bonds. The fraction of sp³-hybridized carbons (Fsp3) is 0.267. The molecule has 2 heterocycles. The van der Waals surface area contributed by atoms with Crippen LogP contribution in [0.2, 0.25) is 0 Å². The largest absolute Gasteiger partial charge is 0.491 e. The van der Waals surface area contributed by atoms with Crippen LogP contribution in [-0.2, 0) is 0 Å². The third-order valence-corrected chi connectivity index (χ3v) is 3.49. The van der Waals surface area contributed by atoms with Crippen molar-refractivity contribution in [2.75, 3.05) is 25.5 Å². The summed E-state index contributed by atoms with van der Waals surface area (Å²) in [4.78, 5) is 26.0. The third kappa shape index (κ3) is 2.52. The van der Waals surface area contributed by atoms with Crippen LogP contribution in [-0.4, -0.2) is 42.1 Å². The van der Waals surface area contributed by atoms with Gasteiger partial charge in [-0.05, 0) is 25.1 Å². The number of aryl methyl sites for hydroxylation is 1. The van der Waals surface area contributed by atoms with E-state index in [0.717, 1.165) is 0 Å². The van der Waals surface area contributed by atoms with Crippen molar-refractivity contribution >= 4 is 17.5 Å². The van der Waals surface area contributed by atoms with Crippen molar-refractivity contribution in [3.05, 3.63) is 41.3 Å². The molecule has 1 aliphatic heterocycles. The molecule has 0 unspecified atom stereocenters. The molecule has 1 aromatic carbocycles. The summed E-state index contributed by atoms with van der Waals surface area (Å²) in [6.07, 6.45) is 1.36. The molecule has 2 aromatic rings. The molecule has 0 radical (unpaired) electrons. The average Bonchev–Trinajstić information content (AvgIpc) is 2.88. The Kier molecular flexibility index (Phi) is 3.54. The van der Waals surface area contributed by atoms with Crippen molar-refractivity contribution in [1.29, 1.82) is 0 Å². The van der Waals surface area contributed by atoms with Crippen molar-refractivity contribution in [2.24, 2.45) is 0 Å². The number of nitrogens with zero attached hydrogens (tertiary/aromatic N) is 2. The minimum absolute atomic E-state index is 0.134. The number of hydrogen-bond acceptors (Lipinski definition) is 5. The molecule has 7 heteroatoms. The van der Waals surface area contributed by atoms with Gasteiger partial charge in [0.2, 0.25) is 0 Å². The number of aromatic nitrogens is 1. The number of anilines is 1. The lowest BCUT2D eigenvalue weighted by Crippen LogP contribution is -2.27. The van der Waals surface area contributed by atoms with Crippen LogP contribution in [0.5, 0.6) is 5.75 Å². The van der Waals surface area contributed by atoms with E-state index in [1.807, 2.05) is 0 Å². The maximum absolute atomic E-state index is 12.3. The van der Waals surface area contributed by atoms with Gasteiger partial charge in [0.1, 0.15) is 23.7 Å². The predicted molar refractivity (Wildman–Crippen MR) is 78.1 cm³/mol. The lowest BCUT2D eigenvalue weighted by atomic mass is 10.1. The van der Waals surface area contributed by atoms with Crippen LogP contribution in [0, 0.1) is 6.92 Å². The fourth-order valence-electron chi connectivity index (χ4n) is 2.22. The molecule has 114 valence electrons. The summed E-state index contributed by atoms with van der Waals surface area (Å²) in [7, 11) is 1.71. The summed E-state index contributed by atoms with van der Waals surface area (Å²) in [6.45, 7) is 2.63. The van der Waals surface area contributed by atoms with Gasteiger partial charge in [0, 0.05) is 12.7 Å². The molecule has 22 heavy (non-hydrogen) atoms. The Morgan fingerprint density at radius 2 is 2.23 bits per heavy atom. The number of ether oxygens (including phenoxy) is 1. The summed E-state index contributed by atoms with van der Waals surface area (Å²) < 4.78 is 10.4. The minimum Gasteiger partial charge on any atom is -0.491 e. The number of rotatable bonds is 2. The summed E-state index contributed by atoms with van der Waals surface area (Å²) in [5.74, 6) is 0.485. The SMILES string of the molecule is Cc1oncc1C(=O)Nc1ccc2c(c1)C(=O)N(C)CCO2. The van der Waals surface area contributed by atoms with E-state index >= 15 is 0 Å². The molecule has 0 spiro atoms. The van der Waals surface area contributed by atoms with Gasteiger partial charge < -0.3 is 19.5 Å². The highest BCUT2D eigenvalue weighted by Gasteiger charge is 2.22. The number of carbonyl (C=O) groups is 2. The monoisotopic (exact) mass is 301 g/mol. The summed E-state index contributed by atoms with van der Waals surface area (Å²) in [6, 6.07) is 4.99. The van der Waals surface area contributed by atoms with Gasteiger partial charge in [-0.3, -0.25) is 9.59 Å². The van der Waals surface area contributed by atoms with Gasteiger partial charge in [-0.15, -0.1) is 0 Å². The van der Waals surface area contributed by atoms with Crippen LogP contribution in [0.4, 0.5) is 5.69 Å². The van der Waals surface area contributed by atoms with E-state index in [1.165, 1.54) is 6.20 Å². The van der Waals surface area contributed by atoms with E-state index in [1.54, 1.807) is 37.1 Å². The molecule has 7 nitrogen and oxygen atoms in total. The smallest absolute Gasteiger partial charge is 0.260 e. The maximum Gasteiger partial charge on any atom is 0.260 e. The Morgan fingerprint density at radius 1 is 1.41 bits per heavy atom. The molecule has 0 fully saturated rings. The molecule has 0 saturated heterocycles. The number of amides is 2. The molecule has 1 aliphatic rings. The standard InChI is InChI=1S/C15H15N3O4/c1-9-12(8-16-22-9)14(19)17-10-3-4-13-11(7-10)15(20)18(2)5-6-21-13/h3-4,7-8H,5-6H2,1-2H3,(H,17,19). The Morgan fingerprint density at radius 3 is 2.95 bits per heavy atom. The van der Waals surface area contributed by atoms with Crippen LogP contribution in [0.1, 0.15) is 26.5 Å². The molecule has 3 rings (SSSR count). The van der Waals surface area contributed by atoms with Crippen LogP contribution < -0.4 is 10.1 Å². The lowest BCUT2D eigenvalue weighted by Gasteiger charge is -2.13. The van der Waals surface area contributed by atoms with E-state index in [9.17, 15) is 9.59 Å². The van der Waals surface area contributed by atoms with Gasteiger partial charge >= 0.3 is 0 Å². The molecular formula is C15H15N3O4. The fourth-order valence-corrected chi connectivity index (χ4v) is 2.22. The van der Waals surface area contributed by atoms with Gasteiger partial charge in [-0.25, -0.2) is 0 Å². The minimum atomic E-state index is -0.339. The normalized spacial score (nSPS) is 14.1. The Balaban J connectivity index is 1.87. The van der Waals surface area contributed by atoms with Crippen LogP contribution >= 0.6 is 0 Å². The Bertz CT molecular complexity index is 738. The van der Waals surface area contributed by atoms with E-state index in [-0.39, 0.29) is 11.8 Å². The van der Waals surface area contributed by atoms with Crippen molar-refractivity contribution in [1.82, 2.24) is 10.1 Å². The first-order chi connectivity index (χ1) is 10.6. The summed E-state index contributed by atoms with van der Waals surface area (Å²) in [5.41, 5.74) is 1.30. The van der Waals surface area contributed by atoms with Crippen molar-refractivity contribution in [3.63, 3.8) is 0 Å². The van der Waals surface area contributed by atoms with Crippen LogP contribution in [0.25, 0.3) is 0 Å². The van der Waals surface area contributed by atoms with E-state index in [0.29, 0.717) is 41.5 Å². The first-order valence-electron chi connectivity index (χ1n) is 6.81. The Hall–Kier alpha value is -2.83. The van der Waals surface area contributed by atoms with Crippen molar-refractivity contribution in [2.45, 2.75) is 6.92 Å². The van der Waals surface area contributed by atoms with Gasteiger partial charge in [-0.1, -0.05) is 5.16 Å². The van der Waals surface area contributed by atoms with Gasteiger partial charge in [0.05, 0.1) is 18.3 Å². The van der Waals surface area contributed by atoms with Crippen molar-refractivity contribution < 1.29 is 18.8 Å². The van der Waals surface area contributed by atoms with E-state index in [2.05, 4.69) is 10.5 Å². The zero-order chi connectivity index (χ0) is 15.7. The van der Waals surface area contributed by atoms with E-state index < -0.39 is 0 Å². The average molecular weight is 301 g/mol. The summed E-state index contributed by atoms with van der Waals surface area (Å²) >= 11 is 0. The third-order valence-electron chi connectivity index (χ3n) is 3.49. The predicted octanol–water partition coefficient (Wildman–Crippen LogP) is 1.70. The maximum atomic E-state index is 12.3. The number of carbonyl (C=O) groups excluding carboxylic acids is 2. The molecular weight excluding hydrogens is 286 g/mol. The second-order valence-electron chi connectivity index (χ2n) is 5.04. The highest BCUT2D eigenvalue weighted by Crippen LogP contribution is 2.26. The number of benzene rings is 1. The first kappa shape index (κ1) is 14.1. The second kappa shape index (κ2) is 5.51. The highest BCUT2D eigenvalue weighted by molar-refractivity contribution is 6.06. The molecule has 1 aromatic heterocycles. The van der Waals surface area contributed by atoms with Crippen LogP contribution in [0.15, 0.2) is 28.9 Å². The van der Waals surface area contributed by atoms with Gasteiger partial charge in [0.25, 0.3) is 11.8 Å². The number of nitrogens with one attached hydrogen (secondary N) is 1. The molecule has 1 N–H and O–H groups in total.